The zero-order valence-electron chi connectivity index (χ0n) is 13.5. The molecule has 0 fully saturated rings. The molecule has 24 heavy (non-hydrogen) atoms. The summed E-state index contributed by atoms with van der Waals surface area (Å²) in [6.07, 6.45) is -0.628. The van der Waals surface area contributed by atoms with Crippen LogP contribution in [0.4, 0.5) is 10.8 Å². The first-order valence-electron chi connectivity index (χ1n) is 7.68. The zero-order valence-corrected chi connectivity index (χ0v) is 14.4. The van der Waals surface area contributed by atoms with Gasteiger partial charge in [-0.05, 0) is 38.1 Å². The molecule has 1 heterocycles. The Hall–Kier alpha value is -2.66. The van der Waals surface area contributed by atoms with Crippen molar-refractivity contribution in [2.45, 2.75) is 20.0 Å². The van der Waals surface area contributed by atoms with Crippen LogP contribution in [0.3, 0.4) is 0 Å². The number of rotatable bonds is 5. The molecule has 5 heteroatoms. The van der Waals surface area contributed by atoms with Crippen molar-refractivity contribution in [2.75, 3.05) is 4.90 Å². The average Bonchev–Trinajstić information content (AvgIpc) is 3.03. The van der Waals surface area contributed by atoms with Crippen molar-refractivity contribution in [3.05, 3.63) is 71.7 Å². The van der Waals surface area contributed by atoms with Gasteiger partial charge in [0.1, 0.15) is 5.75 Å². The Balaban J connectivity index is 1.89. The number of hydrogen-bond acceptors (Lipinski definition) is 4. The monoisotopic (exact) mass is 338 g/mol. The molecule has 1 atom stereocenters. The van der Waals surface area contributed by atoms with E-state index in [1.165, 1.54) is 11.3 Å². The Bertz CT molecular complexity index is 803. The van der Waals surface area contributed by atoms with Gasteiger partial charge in [0.15, 0.2) is 11.2 Å². The lowest BCUT2D eigenvalue weighted by atomic mass is 10.2. The number of amides is 1. The fraction of sp³-hybridized carbons (Fsp3) is 0.158. The number of ether oxygens (including phenoxy) is 1. The van der Waals surface area contributed by atoms with Crippen LogP contribution in [0.1, 0.15) is 12.6 Å². The molecule has 0 aliphatic carbocycles. The normalized spacial score (nSPS) is 11.8. The molecule has 2 aromatic carbocycles. The van der Waals surface area contributed by atoms with Crippen molar-refractivity contribution < 1.29 is 9.53 Å². The summed E-state index contributed by atoms with van der Waals surface area (Å²) in [6, 6.07) is 18.9. The van der Waals surface area contributed by atoms with Crippen LogP contribution in [0.5, 0.6) is 5.75 Å². The number of hydrogen-bond donors (Lipinski definition) is 0. The summed E-state index contributed by atoms with van der Waals surface area (Å²) in [6.45, 7) is 3.67. The van der Waals surface area contributed by atoms with Gasteiger partial charge < -0.3 is 4.74 Å². The van der Waals surface area contributed by atoms with Crippen LogP contribution in [0, 0.1) is 6.92 Å². The molecule has 0 spiro atoms. The highest BCUT2D eigenvalue weighted by Gasteiger charge is 2.27. The van der Waals surface area contributed by atoms with E-state index in [4.69, 9.17) is 4.74 Å². The summed E-state index contributed by atoms with van der Waals surface area (Å²) in [5.41, 5.74) is 1.67. The maximum Gasteiger partial charge on any atom is 0.274 e. The van der Waals surface area contributed by atoms with E-state index < -0.39 is 6.10 Å². The van der Waals surface area contributed by atoms with E-state index in [0.29, 0.717) is 10.9 Å². The van der Waals surface area contributed by atoms with Crippen LogP contribution in [0.2, 0.25) is 0 Å². The lowest BCUT2D eigenvalue weighted by Crippen LogP contribution is -2.37. The third kappa shape index (κ3) is 3.63. The molecule has 0 saturated carbocycles. The van der Waals surface area contributed by atoms with Crippen LogP contribution in [0.15, 0.2) is 66.0 Å². The predicted molar refractivity (Wildman–Crippen MR) is 97.0 cm³/mol. The molecule has 3 rings (SSSR count). The van der Waals surface area contributed by atoms with E-state index >= 15 is 0 Å². The smallest absolute Gasteiger partial charge is 0.274 e. The van der Waals surface area contributed by atoms with Gasteiger partial charge in [-0.2, -0.15) is 0 Å². The molecule has 0 aliphatic heterocycles. The second-order valence-corrected chi connectivity index (χ2v) is 6.19. The molecule has 0 N–H and O–H groups in total. The molecule has 0 saturated heterocycles. The summed E-state index contributed by atoms with van der Waals surface area (Å²) in [7, 11) is 0. The third-order valence-electron chi connectivity index (χ3n) is 3.44. The number of para-hydroxylation sites is 2. The molecular formula is C19H18N2O2S. The summed E-state index contributed by atoms with van der Waals surface area (Å²) >= 11 is 1.44. The number of benzene rings is 2. The predicted octanol–water partition coefficient (Wildman–Crippen LogP) is 4.58. The summed E-state index contributed by atoms with van der Waals surface area (Å²) in [5.74, 6) is 0.515. The lowest BCUT2D eigenvalue weighted by Gasteiger charge is -2.24. The number of carbonyl (C=O) groups is 1. The second kappa shape index (κ2) is 7.27. The van der Waals surface area contributed by atoms with E-state index in [-0.39, 0.29) is 5.91 Å². The minimum absolute atomic E-state index is 0.153. The van der Waals surface area contributed by atoms with Gasteiger partial charge in [-0.3, -0.25) is 9.69 Å². The molecule has 1 aromatic heterocycles. The topological polar surface area (TPSA) is 42.4 Å². The minimum Gasteiger partial charge on any atom is -0.481 e. The van der Waals surface area contributed by atoms with Crippen LogP contribution in [-0.4, -0.2) is 17.0 Å². The second-order valence-electron chi connectivity index (χ2n) is 5.35. The molecule has 3 aromatic rings. The number of anilines is 2. The highest BCUT2D eigenvalue weighted by atomic mass is 32.1. The van der Waals surface area contributed by atoms with E-state index in [2.05, 4.69) is 4.98 Å². The first-order chi connectivity index (χ1) is 11.6. The standard InChI is InChI=1S/C19H18N2O2S/c1-14-13-24-19(20-14)21(16-9-5-3-6-10-16)18(22)15(2)23-17-11-7-4-8-12-17/h3-13,15H,1-2H3/t15-/m1/s1. The fourth-order valence-corrected chi connectivity index (χ4v) is 3.11. The van der Waals surface area contributed by atoms with Gasteiger partial charge in [0.25, 0.3) is 5.91 Å². The molecule has 1 amide bonds. The molecule has 0 radical (unpaired) electrons. The van der Waals surface area contributed by atoms with E-state index in [9.17, 15) is 4.79 Å². The summed E-state index contributed by atoms with van der Waals surface area (Å²) < 4.78 is 5.79. The van der Waals surface area contributed by atoms with E-state index in [1.807, 2.05) is 73.0 Å². The first kappa shape index (κ1) is 16.2. The lowest BCUT2D eigenvalue weighted by molar-refractivity contribution is -0.123. The largest absolute Gasteiger partial charge is 0.481 e. The number of aromatic nitrogens is 1. The van der Waals surface area contributed by atoms with Crippen LogP contribution >= 0.6 is 11.3 Å². The van der Waals surface area contributed by atoms with Gasteiger partial charge >= 0.3 is 0 Å². The van der Waals surface area contributed by atoms with Gasteiger partial charge in [-0.25, -0.2) is 4.98 Å². The van der Waals surface area contributed by atoms with Gasteiger partial charge in [-0.1, -0.05) is 36.4 Å². The maximum absolute atomic E-state index is 13.0. The highest BCUT2D eigenvalue weighted by Crippen LogP contribution is 2.29. The molecular weight excluding hydrogens is 320 g/mol. The Labute approximate surface area is 145 Å². The molecule has 4 nitrogen and oxygen atoms in total. The van der Waals surface area contributed by atoms with Gasteiger partial charge in [0, 0.05) is 5.38 Å². The number of nitrogens with zero attached hydrogens (tertiary/aromatic N) is 2. The van der Waals surface area contributed by atoms with Crippen molar-refractivity contribution in [3.63, 3.8) is 0 Å². The van der Waals surface area contributed by atoms with Crippen molar-refractivity contribution in [1.82, 2.24) is 4.98 Å². The van der Waals surface area contributed by atoms with Crippen molar-refractivity contribution in [2.24, 2.45) is 0 Å². The molecule has 0 aliphatic rings. The quantitative estimate of drug-likeness (QED) is 0.683. The Kier molecular flexibility index (Phi) is 4.91. The highest BCUT2D eigenvalue weighted by molar-refractivity contribution is 7.14. The Morgan fingerprint density at radius 3 is 2.29 bits per heavy atom. The molecule has 0 unspecified atom stereocenters. The zero-order chi connectivity index (χ0) is 16.9. The van der Waals surface area contributed by atoms with Gasteiger partial charge in [-0.15, -0.1) is 11.3 Å². The van der Waals surface area contributed by atoms with Crippen molar-refractivity contribution in [3.8, 4) is 5.75 Å². The Morgan fingerprint density at radius 1 is 1.08 bits per heavy atom. The number of aryl methyl sites for hydroxylation is 1. The minimum atomic E-state index is -0.628. The average molecular weight is 338 g/mol. The maximum atomic E-state index is 13.0. The van der Waals surface area contributed by atoms with E-state index in [0.717, 1.165) is 11.4 Å². The van der Waals surface area contributed by atoms with Crippen LogP contribution in [-0.2, 0) is 4.79 Å². The summed E-state index contributed by atoms with van der Waals surface area (Å²) in [4.78, 5) is 19.1. The number of carbonyl (C=O) groups excluding carboxylic acids is 1. The van der Waals surface area contributed by atoms with Crippen molar-refractivity contribution >= 4 is 28.1 Å². The molecule has 122 valence electrons. The third-order valence-corrected chi connectivity index (χ3v) is 4.38. The van der Waals surface area contributed by atoms with E-state index in [1.54, 1.807) is 11.8 Å². The SMILES string of the molecule is Cc1csc(N(C(=O)[C@@H](C)Oc2ccccc2)c2ccccc2)n1. The van der Waals surface area contributed by atoms with Gasteiger partial charge in [0.2, 0.25) is 0 Å². The number of thiazole rings is 1. The van der Waals surface area contributed by atoms with Crippen LogP contribution < -0.4 is 9.64 Å². The fourth-order valence-electron chi connectivity index (χ4n) is 2.29. The first-order valence-corrected chi connectivity index (χ1v) is 8.56. The van der Waals surface area contributed by atoms with Crippen molar-refractivity contribution in [1.29, 1.82) is 0 Å². The molecule has 0 bridgehead atoms. The van der Waals surface area contributed by atoms with Crippen LogP contribution in [0.25, 0.3) is 0 Å². The summed E-state index contributed by atoms with van der Waals surface area (Å²) in [5, 5.41) is 2.58. The van der Waals surface area contributed by atoms with Gasteiger partial charge in [0.05, 0.1) is 11.4 Å². The Morgan fingerprint density at radius 2 is 1.71 bits per heavy atom.